The summed E-state index contributed by atoms with van der Waals surface area (Å²) in [5.41, 5.74) is 1.29. The molecule has 1 N–H and O–H groups in total. The van der Waals surface area contributed by atoms with Crippen LogP contribution in [0, 0.1) is 5.92 Å². The molecule has 1 aromatic rings. The molecule has 0 aliphatic carbocycles. The number of hydrogen-bond donors (Lipinski definition) is 1. The highest BCUT2D eigenvalue weighted by Gasteiger charge is 2.31. The summed E-state index contributed by atoms with van der Waals surface area (Å²) < 4.78 is 6.08. The minimum absolute atomic E-state index is 0.205. The van der Waals surface area contributed by atoms with Crippen molar-refractivity contribution in [2.75, 3.05) is 6.61 Å². The van der Waals surface area contributed by atoms with E-state index in [4.69, 9.17) is 4.74 Å². The van der Waals surface area contributed by atoms with Gasteiger partial charge in [-0.05, 0) is 17.9 Å². The van der Waals surface area contributed by atoms with Crippen LogP contribution in [-0.2, 0) is 4.74 Å². The molecule has 17 heavy (non-hydrogen) atoms. The van der Waals surface area contributed by atoms with E-state index in [-0.39, 0.29) is 6.10 Å². The molecule has 0 aromatic heterocycles. The van der Waals surface area contributed by atoms with Crippen LogP contribution in [0.5, 0.6) is 0 Å². The Morgan fingerprint density at radius 1 is 1.29 bits per heavy atom. The molecule has 0 saturated carbocycles. The van der Waals surface area contributed by atoms with Crippen LogP contribution in [0.15, 0.2) is 30.3 Å². The molecule has 1 fully saturated rings. The first-order valence-corrected chi connectivity index (χ1v) is 6.65. The van der Waals surface area contributed by atoms with Crippen molar-refractivity contribution in [3.05, 3.63) is 35.9 Å². The van der Waals surface area contributed by atoms with Gasteiger partial charge in [0.25, 0.3) is 0 Å². The molecule has 0 radical (unpaired) electrons. The lowest BCUT2D eigenvalue weighted by Gasteiger charge is -2.39. The molecule has 3 unspecified atom stereocenters. The summed E-state index contributed by atoms with van der Waals surface area (Å²) in [7, 11) is 0. The quantitative estimate of drug-likeness (QED) is 0.866. The van der Waals surface area contributed by atoms with Gasteiger partial charge < -0.3 is 10.1 Å². The Kier molecular flexibility index (Phi) is 4.19. The van der Waals surface area contributed by atoms with Gasteiger partial charge in [0, 0.05) is 12.1 Å². The third-order valence-electron chi connectivity index (χ3n) is 3.62. The van der Waals surface area contributed by atoms with Gasteiger partial charge in [0.15, 0.2) is 0 Å². The predicted octanol–water partition coefficient (Wildman–Crippen LogP) is 3.15. The van der Waals surface area contributed by atoms with Gasteiger partial charge in [-0.3, -0.25) is 0 Å². The first-order chi connectivity index (χ1) is 8.22. The molecular weight excluding hydrogens is 210 g/mol. The maximum Gasteiger partial charge on any atom is 0.0978 e. The van der Waals surface area contributed by atoms with Gasteiger partial charge in [0.2, 0.25) is 0 Å². The van der Waals surface area contributed by atoms with Crippen molar-refractivity contribution in [2.24, 2.45) is 5.92 Å². The van der Waals surface area contributed by atoms with Crippen LogP contribution in [-0.4, -0.2) is 18.7 Å². The second-order valence-corrected chi connectivity index (χ2v) is 5.20. The monoisotopic (exact) mass is 233 g/mol. The molecule has 1 aliphatic heterocycles. The van der Waals surface area contributed by atoms with Crippen molar-refractivity contribution in [3.63, 3.8) is 0 Å². The molecule has 1 aliphatic rings. The predicted molar refractivity (Wildman–Crippen MR) is 71.0 cm³/mol. The summed E-state index contributed by atoms with van der Waals surface area (Å²) in [4.78, 5) is 0. The zero-order chi connectivity index (χ0) is 12.3. The van der Waals surface area contributed by atoms with Crippen LogP contribution in [0.1, 0.15) is 38.9 Å². The third-order valence-corrected chi connectivity index (χ3v) is 3.62. The number of ether oxygens (including phenoxy) is 1. The Bertz CT molecular complexity index is 336. The molecule has 1 heterocycles. The molecule has 2 heteroatoms. The highest BCUT2D eigenvalue weighted by atomic mass is 16.5. The van der Waals surface area contributed by atoms with Crippen LogP contribution >= 0.6 is 0 Å². The summed E-state index contributed by atoms with van der Waals surface area (Å²) in [5, 5.41) is 3.73. The molecule has 0 spiro atoms. The van der Waals surface area contributed by atoms with Gasteiger partial charge in [-0.1, -0.05) is 51.1 Å². The van der Waals surface area contributed by atoms with Crippen LogP contribution in [0.25, 0.3) is 0 Å². The van der Waals surface area contributed by atoms with E-state index in [0.29, 0.717) is 18.0 Å². The fourth-order valence-corrected chi connectivity index (χ4v) is 2.42. The molecule has 1 saturated heterocycles. The van der Waals surface area contributed by atoms with Gasteiger partial charge in [-0.2, -0.15) is 0 Å². The Morgan fingerprint density at radius 2 is 2.00 bits per heavy atom. The van der Waals surface area contributed by atoms with E-state index in [9.17, 15) is 0 Å². The van der Waals surface area contributed by atoms with Crippen LogP contribution in [0.4, 0.5) is 0 Å². The minimum atomic E-state index is 0.205. The molecule has 2 nitrogen and oxygen atoms in total. The SMILES string of the molecule is CCC1NC(C(C)C)COC1c1ccccc1. The maximum absolute atomic E-state index is 6.08. The van der Waals surface area contributed by atoms with E-state index in [0.717, 1.165) is 13.0 Å². The Morgan fingerprint density at radius 3 is 2.59 bits per heavy atom. The highest BCUT2D eigenvalue weighted by Crippen LogP contribution is 2.28. The minimum Gasteiger partial charge on any atom is -0.370 e. The standard InChI is InChI=1S/C15H23NO/c1-4-13-15(12-8-6-5-7-9-12)17-10-14(16-13)11(2)3/h5-9,11,13-16H,4,10H2,1-3H3. The second-order valence-electron chi connectivity index (χ2n) is 5.20. The lowest BCUT2D eigenvalue weighted by atomic mass is 9.94. The first-order valence-electron chi connectivity index (χ1n) is 6.65. The average Bonchev–Trinajstić information content (AvgIpc) is 2.39. The highest BCUT2D eigenvalue weighted by molar-refractivity contribution is 5.20. The molecular formula is C15H23NO. The Hall–Kier alpha value is -0.860. The van der Waals surface area contributed by atoms with E-state index in [2.05, 4.69) is 56.4 Å². The third kappa shape index (κ3) is 2.88. The first kappa shape index (κ1) is 12.6. The van der Waals surface area contributed by atoms with Crippen molar-refractivity contribution in [2.45, 2.75) is 45.4 Å². The van der Waals surface area contributed by atoms with E-state index in [1.165, 1.54) is 5.56 Å². The van der Waals surface area contributed by atoms with Crippen molar-refractivity contribution < 1.29 is 4.74 Å². The van der Waals surface area contributed by atoms with E-state index >= 15 is 0 Å². The lowest BCUT2D eigenvalue weighted by molar-refractivity contribution is -0.0396. The molecule has 94 valence electrons. The zero-order valence-electron chi connectivity index (χ0n) is 11.0. The smallest absolute Gasteiger partial charge is 0.0978 e. The van der Waals surface area contributed by atoms with Gasteiger partial charge in [0.05, 0.1) is 12.7 Å². The van der Waals surface area contributed by atoms with Crippen molar-refractivity contribution in [1.29, 1.82) is 0 Å². The van der Waals surface area contributed by atoms with Crippen molar-refractivity contribution in [1.82, 2.24) is 5.32 Å². The van der Waals surface area contributed by atoms with E-state index < -0.39 is 0 Å². The van der Waals surface area contributed by atoms with E-state index in [1.54, 1.807) is 0 Å². The van der Waals surface area contributed by atoms with Crippen LogP contribution in [0.3, 0.4) is 0 Å². The zero-order valence-corrected chi connectivity index (χ0v) is 11.0. The maximum atomic E-state index is 6.08. The van der Waals surface area contributed by atoms with Crippen molar-refractivity contribution in [3.8, 4) is 0 Å². The molecule has 3 atom stereocenters. The Balaban J connectivity index is 2.10. The normalized spacial score (nSPS) is 29.5. The van der Waals surface area contributed by atoms with Crippen LogP contribution in [0.2, 0.25) is 0 Å². The summed E-state index contributed by atoms with van der Waals surface area (Å²) in [5.74, 6) is 0.626. The second kappa shape index (κ2) is 5.65. The number of rotatable bonds is 3. The van der Waals surface area contributed by atoms with Crippen LogP contribution < -0.4 is 5.32 Å². The van der Waals surface area contributed by atoms with Crippen molar-refractivity contribution >= 4 is 0 Å². The molecule has 1 aromatic carbocycles. The fraction of sp³-hybridized carbons (Fsp3) is 0.600. The fourth-order valence-electron chi connectivity index (χ4n) is 2.42. The molecule has 0 bridgehead atoms. The van der Waals surface area contributed by atoms with E-state index in [1.807, 2.05) is 0 Å². The average molecular weight is 233 g/mol. The number of morpholine rings is 1. The summed E-state index contributed by atoms with van der Waals surface area (Å²) >= 11 is 0. The lowest BCUT2D eigenvalue weighted by Crippen LogP contribution is -2.52. The summed E-state index contributed by atoms with van der Waals surface area (Å²) in [6.45, 7) is 7.53. The summed E-state index contributed by atoms with van der Waals surface area (Å²) in [6.07, 6.45) is 1.30. The largest absolute Gasteiger partial charge is 0.370 e. The topological polar surface area (TPSA) is 21.3 Å². The molecule has 2 rings (SSSR count). The van der Waals surface area contributed by atoms with Gasteiger partial charge in [-0.15, -0.1) is 0 Å². The number of nitrogens with one attached hydrogen (secondary N) is 1. The van der Waals surface area contributed by atoms with Gasteiger partial charge >= 0.3 is 0 Å². The molecule has 0 amide bonds. The van der Waals surface area contributed by atoms with Gasteiger partial charge in [0.1, 0.15) is 0 Å². The summed E-state index contributed by atoms with van der Waals surface area (Å²) in [6, 6.07) is 11.4. The number of hydrogen-bond acceptors (Lipinski definition) is 2. The number of benzene rings is 1. The van der Waals surface area contributed by atoms with Gasteiger partial charge in [-0.25, -0.2) is 0 Å². The Labute approximate surface area is 104 Å².